The number of carbonyl (C=O) groups is 1. The van der Waals surface area contributed by atoms with Crippen LogP contribution < -0.4 is 16.0 Å². The van der Waals surface area contributed by atoms with Crippen molar-refractivity contribution >= 4 is 97.9 Å². The molecular weight excluding hydrogens is 551 g/mol. The summed E-state index contributed by atoms with van der Waals surface area (Å²) in [5.74, 6) is -0.401. The summed E-state index contributed by atoms with van der Waals surface area (Å²) in [6.45, 7) is 0. The molecule has 2 aromatic rings. The zero-order valence-corrected chi connectivity index (χ0v) is 18.9. The van der Waals surface area contributed by atoms with Crippen molar-refractivity contribution in [2.75, 3.05) is 5.32 Å². The van der Waals surface area contributed by atoms with Crippen molar-refractivity contribution in [1.82, 2.24) is 10.6 Å². The van der Waals surface area contributed by atoms with E-state index in [-0.39, 0.29) is 5.11 Å². The van der Waals surface area contributed by atoms with Crippen molar-refractivity contribution in [2.24, 2.45) is 0 Å². The molecule has 1 unspecified atom stereocenters. The summed E-state index contributed by atoms with van der Waals surface area (Å²) >= 11 is 31.1. The lowest BCUT2D eigenvalue weighted by Crippen LogP contribution is -2.56. The molecule has 3 N–H and O–H groups in total. The third-order valence-corrected chi connectivity index (χ3v) is 4.86. The topological polar surface area (TPSA) is 53.2 Å². The molecule has 138 valence electrons. The van der Waals surface area contributed by atoms with Crippen LogP contribution in [-0.4, -0.2) is 21.0 Å². The highest BCUT2D eigenvalue weighted by Crippen LogP contribution is 2.29. The maximum Gasteiger partial charge on any atom is 0.253 e. The average Bonchev–Trinajstić information content (AvgIpc) is 2.55. The first-order valence-electron chi connectivity index (χ1n) is 7.11. The zero-order chi connectivity index (χ0) is 19.3. The number of thiocarbonyl (C=S) groups is 1. The molecule has 0 bridgehead atoms. The maximum absolute atomic E-state index is 12.4. The molecule has 26 heavy (non-hydrogen) atoms. The maximum atomic E-state index is 12.4. The van der Waals surface area contributed by atoms with Crippen LogP contribution in [0.25, 0.3) is 0 Å². The van der Waals surface area contributed by atoms with E-state index in [1.165, 1.54) is 0 Å². The van der Waals surface area contributed by atoms with Crippen molar-refractivity contribution in [3.8, 4) is 0 Å². The van der Waals surface area contributed by atoms with E-state index in [9.17, 15) is 4.79 Å². The molecule has 0 heterocycles. The van der Waals surface area contributed by atoms with Crippen LogP contribution >= 0.6 is 81.2 Å². The van der Waals surface area contributed by atoms with E-state index in [1.807, 2.05) is 6.07 Å². The van der Waals surface area contributed by atoms with E-state index in [0.29, 0.717) is 16.3 Å². The van der Waals surface area contributed by atoms with Gasteiger partial charge >= 0.3 is 0 Å². The lowest BCUT2D eigenvalue weighted by molar-refractivity contribution is 0.0934. The van der Waals surface area contributed by atoms with Crippen molar-refractivity contribution < 1.29 is 4.79 Å². The van der Waals surface area contributed by atoms with Crippen LogP contribution in [0.5, 0.6) is 0 Å². The molecule has 0 spiro atoms. The third kappa shape index (κ3) is 6.90. The number of alkyl halides is 3. The Bertz CT molecular complexity index is 799. The van der Waals surface area contributed by atoms with Crippen molar-refractivity contribution in [3.63, 3.8) is 0 Å². The van der Waals surface area contributed by atoms with Gasteiger partial charge in [-0.3, -0.25) is 4.79 Å². The Morgan fingerprint density at radius 1 is 1.08 bits per heavy atom. The number of rotatable bonds is 4. The summed E-state index contributed by atoms with van der Waals surface area (Å²) < 4.78 is -0.919. The van der Waals surface area contributed by atoms with Gasteiger partial charge in [0.1, 0.15) is 6.17 Å². The van der Waals surface area contributed by atoms with Gasteiger partial charge in [-0.25, -0.2) is 0 Å². The second kappa shape index (κ2) is 9.61. The molecular formula is C16H12Cl4IN3OS. The Morgan fingerprint density at radius 3 is 2.31 bits per heavy atom. The normalized spacial score (nSPS) is 12.2. The van der Waals surface area contributed by atoms with E-state index in [2.05, 4.69) is 38.5 Å². The van der Waals surface area contributed by atoms with Crippen molar-refractivity contribution in [2.45, 2.75) is 9.96 Å². The van der Waals surface area contributed by atoms with Gasteiger partial charge in [-0.1, -0.05) is 52.5 Å². The van der Waals surface area contributed by atoms with Crippen LogP contribution in [0.2, 0.25) is 5.02 Å². The summed E-state index contributed by atoms with van der Waals surface area (Å²) in [4.78, 5) is 12.4. The number of amides is 1. The van der Waals surface area contributed by atoms with Gasteiger partial charge in [-0.2, -0.15) is 0 Å². The fraction of sp³-hybridized carbons (Fsp3) is 0.125. The predicted molar refractivity (Wildman–Crippen MR) is 122 cm³/mol. The summed E-state index contributed by atoms with van der Waals surface area (Å²) in [6.07, 6.45) is -1.05. The van der Waals surface area contributed by atoms with Crippen LogP contribution in [-0.2, 0) is 0 Å². The first kappa shape index (κ1) is 21.8. The number of benzene rings is 2. The van der Waals surface area contributed by atoms with E-state index in [0.717, 1.165) is 3.57 Å². The van der Waals surface area contributed by atoms with Gasteiger partial charge in [0.05, 0.1) is 0 Å². The summed E-state index contributed by atoms with van der Waals surface area (Å²) in [6, 6.07) is 13.9. The minimum absolute atomic E-state index is 0.173. The van der Waals surface area contributed by atoms with Gasteiger partial charge in [0.25, 0.3) is 5.91 Å². The van der Waals surface area contributed by atoms with Crippen molar-refractivity contribution in [3.05, 3.63) is 62.7 Å². The molecule has 0 radical (unpaired) electrons. The lowest BCUT2D eigenvalue weighted by atomic mass is 10.2. The standard InChI is InChI=1S/C16H12Cl4IN3OS/c17-10-4-6-12(7-5-10)22-15(26)24-14(16(18,19)20)23-13(25)9-2-1-3-11(21)8-9/h1-8,14H,(H,23,25)(H2,22,24,26). The molecule has 0 aliphatic heterocycles. The van der Waals surface area contributed by atoms with Crippen LogP contribution in [0.1, 0.15) is 10.4 Å². The fourth-order valence-electron chi connectivity index (χ4n) is 1.88. The molecule has 1 amide bonds. The van der Waals surface area contributed by atoms with E-state index in [1.54, 1.807) is 42.5 Å². The highest BCUT2D eigenvalue weighted by atomic mass is 127. The van der Waals surface area contributed by atoms with Gasteiger partial charge < -0.3 is 16.0 Å². The molecule has 1 atom stereocenters. The van der Waals surface area contributed by atoms with Crippen LogP contribution in [0.4, 0.5) is 5.69 Å². The van der Waals surface area contributed by atoms with Crippen LogP contribution in [0.3, 0.4) is 0 Å². The molecule has 0 aromatic heterocycles. The van der Waals surface area contributed by atoms with E-state index >= 15 is 0 Å². The predicted octanol–water partition coefficient (Wildman–Crippen LogP) is 5.36. The minimum atomic E-state index is -1.83. The van der Waals surface area contributed by atoms with Gasteiger partial charge in [0.2, 0.25) is 3.79 Å². The van der Waals surface area contributed by atoms with Crippen LogP contribution in [0.15, 0.2) is 48.5 Å². The monoisotopic (exact) mass is 561 g/mol. The Morgan fingerprint density at radius 2 is 1.73 bits per heavy atom. The van der Waals surface area contributed by atoms with Gasteiger partial charge in [-0.15, -0.1) is 0 Å². The lowest BCUT2D eigenvalue weighted by Gasteiger charge is -2.27. The van der Waals surface area contributed by atoms with Gasteiger partial charge in [-0.05, 0) is 77.3 Å². The second-order valence-corrected chi connectivity index (χ2v) is 9.52. The molecule has 4 nitrogen and oxygen atoms in total. The number of nitrogens with one attached hydrogen (secondary N) is 3. The number of carbonyl (C=O) groups excluding carboxylic acids is 1. The van der Waals surface area contributed by atoms with Crippen LogP contribution in [0, 0.1) is 3.57 Å². The first-order valence-corrected chi connectivity index (χ1v) is 10.1. The Hall–Kier alpha value is -0.510. The molecule has 2 aromatic carbocycles. The minimum Gasteiger partial charge on any atom is -0.339 e. The fourth-order valence-corrected chi connectivity index (χ4v) is 3.11. The molecule has 10 heteroatoms. The number of halogens is 5. The molecule has 2 rings (SSSR count). The Labute approximate surface area is 190 Å². The summed E-state index contributed by atoms with van der Waals surface area (Å²) in [7, 11) is 0. The second-order valence-electron chi connectivity index (χ2n) is 5.06. The summed E-state index contributed by atoms with van der Waals surface area (Å²) in [5, 5.41) is 9.12. The molecule has 0 aliphatic carbocycles. The van der Waals surface area contributed by atoms with E-state index < -0.39 is 15.9 Å². The molecule has 0 aliphatic rings. The van der Waals surface area contributed by atoms with Crippen molar-refractivity contribution in [1.29, 1.82) is 0 Å². The SMILES string of the molecule is O=C(NC(NC(=S)Nc1ccc(Cl)cc1)C(Cl)(Cl)Cl)c1cccc(I)c1. The highest BCUT2D eigenvalue weighted by Gasteiger charge is 2.34. The number of hydrogen-bond acceptors (Lipinski definition) is 2. The smallest absolute Gasteiger partial charge is 0.253 e. The Kier molecular flexibility index (Phi) is 8.06. The molecule has 0 saturated carbocycles. The van der Waals surface area contributed by atoms with Gasteiger partial charge in [0.15, 0.2) is 5.11 Å². The highest BCUT2D eigenvalue weighted by molar-refractivity contribution is 14.1. The quantitative estimate of drug-likeness (QED) is 0.203. The number of hydrogen-bond donors (Lipinski definition) is 3. The largest absolute Gasteiger partial charge is 0.339 e. The number of anilines is 1. The first-order chi connectivity index (χ1) is 12.1. The average molecular weight is 563 g/mol. The van der Waals surface area contributed by atoms with E-state index in [4.69, 9.17) is 58.6 Å². The third-order valence-electron chi connectivity index (χ3n) is 3.07. The zero-order valence-electron chi connectivity index (χ0n) is 12.9. The Balaban J connectivity index is 2.06. The molecule has 0 saturated heterocycles. The molecule has 0 fully saturated rings. The summed E-state index contributed by atoms with van der Waals surface area (Å²) in [5.41, 5.74) is 1.13. The van der Waals surface area contributed by atoms with Gasteiger partial charge in [0, 0.05) is 19.8 Å².